The Bertz CT molecular complexity index is 1260. The summed E-state index contributed by atoms with van der Waals surface area (Å²) in [6, 6.07) is 7.61. The van der Waals surface area contributed by atoms with E-state index in [2.05, 4.69) is 35.5 Å². The molecule has 184 valence electrons. The van der Waals surface area contributed by atoms with Crippen molar-refractivity contribution in [1.82, 2.24) is 10.3 Å². The molecular weight excluding hydrogens is 440 g/mol. The molecule has 0 unspecified atom stereocenters. The van der Waals surface area contributed by atoms with Crippen LogP contribution < -0.4 is 16.4 Å². The summed E-state index contributed by atoms with van der Waals surface area (Å²) < 4.78 is 0. The van der Waals surface area contributed by atoms with Crippen molar-refractivity contribution >= 4 is 34.3 Å². The molecule has 35 heavy (non-hydrogen) atoms. The maximum Gasteiger partial charge on any atom is 0.265 e. The predicted octanol–water partition coefficient (Wildman–Crippen LogP) is 4.12. The van der Waals surface area contributed by atoms with Crippen LogP contribution in [0.1, 0.15) is 62.9 Å². The van der Waals surface area contributed by atoms with Crippen molar-refractivity contribution in [3.8, 4) is 0 Å². The smallest absolute Gasteiger partial charge is 0.265 e. The number of hydrogen-bond donors (Lipinski definition) is 4. The number of aromatic nitrogens is 1. The molecule has 1 aromatic carbocycles. The first-order valence-electron chi connectivity index (χ1n) is 12.9. The number of anilines is 1. The van der Waals surface area contributed by atoms with Gasteiger partial charge >= 0.3 is 0 Å². The molecule has 1 aromatic heterocycles. The molecule has 2 heterocycles. The standard InChI is InChI=1S/C28H34N4O3/c1-27-12-10-18-16(6-9-22-28(18,2)13-11-23(33)32-22)17(27)7-8-19(27)26(35)31-20-5-3-4-15-14-21(25(29)34)30-24(15)20/h3-5,11,13-14,16-19,22,30H,6-10,12H2,1-2H3,(H2,29,34)(H,31,35)(H,32,33)/t16-,17-,18-,19+,22+,27-,28+/m0/s1. The van der Waals surface area contributed by atoms with Crippen molar-refractivity contribution in [1.29, 1.82) is 0 Å². The van der Waals surface area contributed by atoms with Gasteiger partial charge in [-0.05, 0) is 79.9 Å². The Kier molecular flexibility index (Phi) is 4.93. The highest BCUT2D eigenvalue weighted by atomic mass is 16.2. The van der Waals surface area contributed by atoms with Gasteiger partial charge in [-0.3, -0.25) is 14.4 Å². The molecule has 7 heteroatoms. The van der Waals surface area contributed by atoms with Gasteiger partial charge in [-0.15, -0.1) is 0 Å². The van der Waals surface area contributed by atoms with E-state index in [1.165, 1.54) is 0 Å². The van der Waals surface area contributed by atoms with Crippen molar-refractivity contribution in [3.05, 3.63) is 42.1 Å². The normalized spacial score (nSPS) is 37.8. The zero-order valence-corrected chi connectivity index (χ0v) is 20.4. The first kappa shape index (κ1) is 22.4. The summed E-state index contributed by atoms with van der Waals surface area (Å²) in [6.45, 7) is 4.65. The molecule has 3 aliphatic carbocycles. The lowest BCUT2D eigenvalue weighted by molar-refractivity contribution is -0.129. The number of primary amides is 1. The quantitative estimate of drug-likeness (QED) is 0.536. The topological polar surface area (TPSA) is 117 Å². The summed E-state index contributed by atoms with van der Waals surface area (Å²) in [7, 11) is 0. The Hall–Kier alpha value is -3.09. The second-order valence-corrected chi connectivity index (χ2v) is 11.7. The van der Waals surface area contributed by atoms with Gasteiger partial charge in [0.15, 0.2) is 0 Å². The molecule has 6 rings (SSSR count). The van der Waals surface area contributed by atoms with Gasteiger partial charge in [-0.25, -0.2) is 0 Å². The Balaban J connectivity index is 1.25. The molecule has 7 atom stereocenters. The zero-order chi connectivity index (χ0) is 24.5. The maximum atomic E-state index is 13.7. The monoisotopic (exact) mass is 474 g/mol. The van der Waals surface area contributed by atoms with E-state index in [0.717, 1.165) is 49.4 Å². The highest BCUT2D eigenvalue weighted by Crippen LogP contribution is 2.65. The lowest BCUT2D eigenvalue weighted by Gasteiger charge is -2.58. The fraction of sp³-hybridized carbons (Fsp3) is 0.536. The molecule has 0 radical (unpaired) electrons. The summed E-state index contributed by atoms with van der Waals surface area (Å²) >= 11 is 0. The van der Waals surface area contributed by atoms with Crippen LogP contribution in [0.4, 0.5) is 5.69 Å². The summed E-state index contributed by atoms with van der Waals surface area (Å²) in [5.41, 5.74) is 7.18. The molecule has 3 saturated carbocycles. The third-order valence-electron chi connectivity index (χ3n) is 10.2. The van der Waals surface area contributed by atoms with E-state index in [1.807, 2.05) is 18.2 Å². The molecule has 0 spiro atoms. The van der Waals surface area contributed by atoms with Crippen molar-refractivity contribution in [2.75, 3.05) is 5.32 Å². The number of benzene rings is 1. The number of carbonyl (C=O) groups excluding carboxylic acids is 3. The molecule has 3 amide bonds. The minimum atomic E-state index is -0.517. The average molecular weight is 475 g/mol. The highest BCUT2D eigenvalue weighted by molar-refractivity contribution is 6.05. The summed E-state index contributed by atoms with van der Waals surface area (Å²) in [6.07, 6.45) is 10.1. The average Bonchev–Trinajstić information content (AvgIpc) is 3.41. The minimum absolute atomic E-state index is 0.000101. The van der Waals surface area contributed by atoms with Crippen LogP contribution >= 0.6 is 0 Å². The predicted molar refractivity (Wildman–Crippen MR) is 134 cm³/mol. The number of fused-ring (bicyclic) bond motifs is 6. The van der Waals surface area contributed by atoms with Crippen LogP contribution in [0.25, 0.3) is 10.9 Å². The van der Waals surface area contributed by atoms with E-state index < -0.39 is 5.91 Å². The second kappa shape index (κ2) is 7.70. The van der Waals surface area contributed by atoms with Gasteiger partial charge < -0.3 is 21.4 Å². The number of aromatic amines is 1. The fourth-order valence-electron chi connectivity index (χ4n) is 8.38. The zero-order valence-electron chi connectivity index (χ0n) is 20.4. The number of nitrogens with one attached hydrogen (secondary N) is 3. The molecule has 0 bridgehead atoms. The van der Waals surface area contributed by atoms with Crippen LogP contribution in [-0.2, 0) is 9.59 Å². The Labute approximate surface area is 205 Å². The van der Waals surface area contributed by atoms with Crippen LogP contribution in [0.5, 0.6) is 0 Å². The van der Waals surface area contributed by atoms with Gasteiger partial charge in [-0.2, -0.15) is 0 Å². The fourth-order valence-corrected chi connectivity index (χ4v) is 8.38. The molecule has 5 N–H and O–H groups in total. The number of H-pyrrole nitrogens is 1. The van der Waals surface area contributed by atoms with Crippen LogP contribution in [0, 0.1) is 34.5 Å². The molecule has 3 fully saturated rings. The first-order chi connectivity index (χ1) is 16.7. The van der Waals surface area contributed by atoms with E-state index in [4.69, 9.17) is 5.73 Å². The van der Waals surface area contributed by atoms with E-state index >= 15 is 0 Å². The molecule has 2 aromatic rings. The Morgan fingerprint density at radius 1 is 1.09 bits per heavy atom. The number of carbonyl (C=O) groups is 3. The third-order valence-corrected chi connectivity index (χ3v) is 10.2. The third kappa shape index (κ3) is 3.27. The highest BCUT2D eigenvalue weighted by Gasteiger charge is 2.60. The van der Waals surface area contributed by atoms with Crippen molar-refractivity contribution in [3.63, 3.8) is 0 Å². The number of nitrogens with two attached hydrogens (primary N) is 1. The van der Waals surface area contributed by atoms with Gasteiger partial charge in [0, 0.05) is 22.8 Å². The van der Waals surface area contributed by atoms with Crippen molar-refractivity contribution in [2.45, 2.75) is 58.4 Å². The largest absolute Gasteiger partial charge is 0.364 e. The van der Waals surface area contributed by atoms with Gasteiger partial charge in [-0.1, -0.05) is 32.1 Å². The summed E-state index contributed by atoms with van der Waals surface area (Å²) in [5.74, 6) is 1.18. The van der Waals surface area contributed by atoms with Gasteiger partial charge in [0.1, 0.15) is 5.69 Å². The van der Waals surface area contributed by atoms with Crippen LogP contribution in [0.3, 0.4) is 0 Å². The number of rotatable bonds is 3. The van der Waals surface area contributed by atoms with Gasteiger partial charge in [0.05, 0.1) is 11.2 Å². The number of hydrogen-bond acceptors (Lipinski definition) is 3. The van der Waals surface area contributed by atoms with Crippen molar-refractivity contribution in [2.24, 2.45) is 40.2 Å². The minimum Gasteiger partial charge on any atom is -0.364 e. The lowest BCUT2D eigenvalue weighted by atomic mass is 9.48. The molecule has 0 saturated heterocycles. The van der Waals surface area contributed by atoms with E-state index in [0.29, 0.717) is 29.1 Å². The number of amides is 3. The van der Waals surface area contributed by atoms with E-state index in [-0.39, 0.29) is 34.6 Å². The van der Waals surface area contributed by atoms with Crippen LogP contribution in [0.15, 0.2) is 36.4 Å². The molecule has 4 aliphatic rings. The van der Waals surface area contributed by atoms with Crippen LogP contribution in [0.2, 0.25) is 0 Å². The molecule has 7 nitrogen and oxygen atoms in total. The summed E-state index contributed by atoms with van der Waals surface area (Å²) in [4.78, 5) is 40.3. The lowest BCUT2D eigenvalue weighted by Crippen LogP contribution is -2.59. The van der Waals surface area contributed by atoms with Gasteiger partial charge in [0.25, 0.3) is 5.91 Å². The first-order valence-corrected chi connectivity index (χ1v) is 12.9. The number of para-hydroxylation sites is 1. The maximum absolute atomic E-state index is 13.7. The molecular formula is C28H34N4O3. The van der Waals surface area contributed by atoms with Crippen molar-refractivity contribution < 1.29 is 14.4 Å². The summed E-state index contributed by atoms with van der Waals surface area (Å²) in [5, 5.41) is 7.25. The Morgan fingerprint density at radius 3 is 2.71 bits per heavy atom. The van der Waals surface area contributed by atoms with E-state index in [9.17, 15) is 14.4 Å². The van der Waals surface area contributed by atoms with E-state index in [1.54, 1.807) is 12.1 Å². The van der Waals surface area contributed by atoms with Crippen LogP contribution in [-0.4, -0.2) is 28.7 Å². The second-order valence-electron chi connectivity index (χ2n) is 11.7. The van der Waals surface area contributed by atoms with Gasteiger partial charge in [0.2, 0.25) is 11.8 Å². The Morgan fingerprint density at radius 2 is 1.91 bits per heavy atom. The SMILES string of the molecule is C[C@]12C=CC(=O)N[C@@H]1CC[C@@H]1[C@@H]2CC[C@]2(C)[C@@H](C(=O)Nc3cccc4cc(C(N)=O)[nH]c34)CC[C@@H]12. The molecule has 1 aliphatic heterocycles.